The third kappa shape index (κ3) is 5.01. The largest absolute Gasteiger partial charge is 0.379 e. The molecule has 1 atom stereocenters. The van der Waals surface area contributed by atoms with E-state index in [9.17, 15) is 9.18 Å². The average molecular weight is 415 g/mol. The van der Waals surface area contributed by atoms with Crippen LogP contribution >= 0.6 is 0 Å². The van der Waals surface area contributed by atoms with Gasteiger partial charge in [-0.3, -0.25) is 9.69 Å². The van der Waals surface area contributed by atoms with Crippen molar-refractivity contribution < 1.29 is 13.9 Å². The lowest BCUT2D eigenvalue weighted by Crippen LogP contribution is -2.57. The molecule has 0 aromatic heterocycles. The summed E-state index contributed by atoms with van der Waals surface area (Å²) >= 11 is 0. The highest BCUT2D eigenvalue weighted by Crippen LogP contribution is 2.35. The van der Waals surface area contributed by atoms with Crippen molar-refractivity contribution in [2.75, 3.05) is 32.8 Å². The Morgan fingerprint density at radius 2 is 2.03 bits per heavy atom. The van der Waals surface area contributed by atoms with E-state index in [4.69, 9.17) is 4.74 Å². The number of amides is 1. The molecular weight excluding hydrogens is 379 g/mol. The van der Waals surface area contributed by atoms with Gasteiger partial charge in [-0.05, 0) is 55.0 Å². The number of halogens is 1. The van der Waals surface area contributed by atoms with Gasteiger partial charge in [0.2, 0.25) is 0 Å². The van der Waals surface area contributed by atoms with E-state index in [2.05, 4.69) is 16.8 Å². The fraction of sp³-hybridized carbons (Fsp3) is 0.560. The molecular formula is C25H35FN2O2. The van der Waals surface area contributed by atoms with E-state index in [1.165, 1.54) is 12.8 Å². The maximum absolute atomic E-state index is 14.4. The quantitative estimate of drug-likeness (QED) is 0.628. The van der Waals surface area contributed by atoms with Gasteiger partial charge in [-0.25, -0.2) is 4.39 Å². The Hall–Kier alpha value is -1.98. The number of alkyl halides is 1. The number of carbonyl (C=O) groups is 1. The van der Waals surface area contributed by atoms with E-state index < -0.39 is 6.17 Å². The highest BCUT2D eigenvalue weighted by atomic mass is 19.1. The van der Waals surface area contributed by atoms with E-state index in [1.54, 1.807) is 18.2 Å². The van der Waals surface area contributed by atoms with E-state index in [0.29, 0.717) is 24.1 Å². The van der Waals surface area contributed by atoms with Crippen LogP contribution in [0.5, 0.6) is 0 Å². The lowest BCUT2D eigenvalue weighted by molar-refractivity contribution is -0.0199. The van der Waals surface area contributed by atoms with E-state index in [1.807, 2.05) is 26.0 Å². The maximum Gasteiger partial charge on any atom is 0.251 e. The summed E-state index contributed by atoms with van der Waals surface area (Å²) < 4.78 is 19.9. The second-order valence-corrected chi connectivity index (χ2v) is 8.48. The fourth-order valence-electron chi connectivity index (χ4n) is 4.86. The van der Waals surface area contributed by atoms with Crippen LogP contribution in [0.15, 0.2) is 36.9 Å². The molecule has 1 amide bonds. The first-order valence-electron chi connectivity index (χ1n) is 11.2. The predicted molar refractivity (Wildman–Crippen MR) is 120 cm³/mol. The van der Waals surface area contributed by atoms with Gasteiger partial charge < -0.3 is 10.1 Å². The van der Waals surface area contributed by atoms with Crippen molar-refractivity contribution in [1.29, 1.82) is 0 Å². The van der Waals surface area contributed by atoms with Crippen molar-refractivity contribution in [1.82, 2.24) is 10.2 Å². The summed E-state index contributed by atoms with van der Waals surface area (Å²) in [4.78, 5) is 15.4. The Morgan fingerprint density at radius 3 is 2.63 bits per heavy atom. The number of benzene rings is 1. The fourth-order valence-corrected chi connectivity index (χ4v) is 4.86. The third-order valence-electron chi connectivity index (χ3n) is 6.59. The Kier molecular flexibility index (Phi) is 7.84. The summed E-state index contributed by atoms with van der Waals surface area (Å²) in [6, 6.07) is 5.52. The molecule has 0 spiro atoms. The zero-order valence-corrected chi connectivity index (χ0v) is 18.4. The second kappa shape index (κ2) is 10.4. The average Bonchev–Trinajstić information content (AvgIpc) is 3.26. The number of aryl methyl sites for hydroxylation is 1. The molecule has 1 heterocycles. The standard InChI is InChI=1S/C25H35FN2O2/c1-4-8-22(23(26)5-2)21-10-9-20(17-19(21)3)24(29)27-18-25(11-6-7-12-25)28-13-15-30-16-14-28/h4,8-10,17,23H,1,5-7,11-16,18H2,2-3H3,(H,27,29)/b22-8-. The molecule has 1 saturated heterocycles. The minimum atomic E-state index is -1.04. The van der Waals surface area contributed by atoms with E-state index in [0.717, 1.165) is 50.3 Å². The van der Waals surface area contributed by atoms with Crippen molar-refractivity contribution >= 4 is 11.5 Å². The minimum absolute atomic E-state index is 0.0524. The summed E-state index contributed by atoms with van der Waals surface area (Å²) in [5.41, 5.74) is 3.03. The number of allylic oxidation sites excluding steroid dienone is 3. The molecule has 1 saturated carbocycles. The van der Waals surface area contributed by atoms with Gasteiger partial charge in [-0.2, -0.15) is 0 Å². The van der Waals surface area contributed by atoms with Crippen LogP contribution in [0.4, 0.5) is 4.39 Å². The smallest absolute Gasteiger partial charge is 0.251 e. The highest BCUT2D eigenvalue weighted by molar-refractivity contribution is 5.95. The Labute approximate surface area is 180 Å². The SMILES string of the molecule is C=C/C=C(/c1ccc(C(=O)NCC2(N3CCOCC3)CCCC2)cc1C)C(F)CC. The van der Waals surface area contributed by atoms with Crippen LogP contribution in [-0.4, -0.2) is 55.4 Å². The molecule has 2 fully saturated rings. The van der Waals surface area contributed by atoms with E-state index in [-0.39, 0.29) is 11.4 Å². The zero-order chi connectivity index (χ0) is 21.6. The Morgan fingerprint density at radius 1 is 1.33 bits per heavy atom. The van der Waals surface area contributed by atoms with Gasteiger partial charge >= 0.3 is 0 Å². The first-order chi connectivity index (χ1) is 14.5. The van der Waals surface area contributed by atoms with Gasteiger partial charge in [0.05, 0.1) is 13.2 Å². The second-order valence-electron chi connectivity index (χ2n) is 8.48. The summed E-state index contributed by atoms with van der Waals surface area (Å²) in [5.74, 6) is -0.0641. The molecule has 0 bridgehead atoms. The first kappa shape index (κ1) is 22.7. The molecule has 5 heteroatoms. The van der Waals surface area contributed by atoms with Gasteiger partial charge in [0.25, 0.3) is 5.91 Å². The molecule has 1 unspecified atom stereocenters. The lowest BCUT2D eigenvalue weighted by Gasteiger charge is -2.43. The number of rotatable bonds is 8. The van der Waals surface area contributed by atoms with Crippen molar-refractivity contribution in [3.05, 3.63) is 53.6 Å². The summed E-state index contributed by atoms with van der Waals surface area (Å²) in [7, 11) is 0. The number of hydrogen-bond acceptors (Lipinski definition) is 3. The van der Waals surface area contributed by atoms with Crippen LogP contribution in [0.1, 0.15) is 60.5 Å². The maximum atomic E-state index is 14.4. The molecule has 4 nitrogen and oxygen atoms in total. The minimum Gasteiger partial charge on any atom is -0.379 e. The van der Waals surface area contributed by atoms with Crippen molar-refractivity contribution in [3.8, 4) is 0 Å². The highest BCUT2D eigenvalue weighted by Gasteiger charge is 2.40. The molecule has 30 heavy (non-hydrogen) atoms. The van der Waals surface area contributed by atoms with Gasteiger partial charge in [0.15, 0.2) is 0 Å². The summed E-state index contributed by atoms with van der Waals surface area (Å²) in [5, 5.41) is 3.19. The Balaban J connectivity index is 1.71. The predicted octanol–water partition coefficient (Wildman–Crippen LogP) is 4.69. The molecule has 1 N–H and O–H groups in total. The van der Waals surface area contributed by atoms with Gasteiger partial charge in [0, 0.05) is 30.7 Å². The molecule has 2 aliphatic rings. The summed E-state index contributed by atoms with van der Waals surface area (Å²) in [6.45, 7) is 11.5. The number of carbonyl (C=O) groups excluding carboxylic acids is 1. The van der Waals surface area contributed by atoms with Gasteiger partial charge in [-0.1, -0.05) is 44.6 Å². The lowest BCUT2D eigenvalue weighted by atomic mass is 9.93. The van der Waals surface area contributed by atoms with Crippen LogP contribution in [0.25, 0.3) is 5.57 Å². The number of hydrogen-bond donors (Lipinski definition) is 1. The Bertz CT molecular complexity index is 777. The third-order valence-corrected chi connectivity index (χ3v) is 6.59. The van der Waals surface area contributed by atoms with Crippen molar-refractivity contribution in [2.24, 2.45) is 0 Å². The van der Waals surface area contributed by atoms with Crippen LogP contribution in [0.2, 0.25) is 0 Å². The van der Waals surface area contributed by atoms with Crippen molar-refractivity contribution in [2.45, 2.75) is 57.7 Å². The number of morpholine rings is 1. The molecule has 1 aromatic carbocycles. The molecule has 1 aliphatic carbocycles. The monoisotopic (exact) mass is 414 g/mol. The van der Waals surface area contributed by atoms with Crippen LogP contribution in [0, 0.1) is 6.92 Å². The molecule has 1 aliphatic heterocycles. The topological polar surface area (TPSA) is 41.6 Å². The van der Waals surface area contributed by atoms with Gasteiger partial charge in [-0.15, -0.1) is 0 Å². The number of ether oxygens (including phenoxy) is 1. The number of nitrogens with zero attached hydrogens (tertiary/aromatic N) is 1. The van der Waals surface area contributed by atoms with Crippen LogP contribution in [0.3, 0.4) is 0 Å². The normalized spacial score (nSPS) is 20.7. The summed E-state index contributed by atoms with van der Waals surface area (Å²) in [6.07, 6.45) is 7.36. The molecule has 164 valence electrons. The molecule has 1 aromatic rings. The molecule has 0 radical (unpaired) electrons. The van der Waals surface area contributed by atoms with Crippen LogP contribution in [-0.2, 0) is 4.74 Å². The van der Waals surface area contributed by atoms with Gasteiger partial charge in [0.1, 0.15) is 6.17 Å². The number of nitrogens with one attached hydrogen (secondary N) is 1. The first-order valence-corrected chi connectivity index (χ1v) is 11.2. The van der Waals surface area contributed by atoms with Crippen LogP contribution < -0.4 is 5.32 Å². The zero-order valence-electron chi connectivity index (χ0n) is 18.4. The molecule has 3 rings (SSSR count). The van der Waals surface area contributed by atoms with E-state index >= 15 is 0 Å². The van der Waals surface area contributed by atoms with Crippen molar-refractivity contribution in [3.63, 3.8) is 0 Å².